The van der Waals surface area contributed by atoms with Crippen LogP contribution in [-0.2, 0) is 4.79 Å². The highest BCUT2D eigenvalue weighted by molar-refractivity contribution is 5.78. The van der Waals surface area contributed by atoms with Gasteiger partial charge in [0.25, 0.3) is 0 Å². The van der Waals surface area contributed by atoms with Crippen molar-refractivity contribution in [3.8, 4) is 0 Å². The number of hydrogen-bond donors (Lipinski definition) is 2. The highest BCUT2D eigenvalue weighted by Crippen LogP contribution is 2.05. The van der Waals surface area contributed by atoms with Gasteiger partial charge in [0.15, 0.2) is 0 Å². The average molecular weight is 157 g/mol. The summed E-state index contributed by atoms with van der Waals surface area (Å²) in [7, 11) is 2.05. The lowest BCUT2D eigenvalue weighted by molar-refractivity contribution is -0.120. The van der Waals surface area contributed by atoms with E-state index in [9.17, 15) is 4.79 Å². The van der Waals surface area contributed by atoms with E-state index in [1.165, 1.54) is 0 Å². The number of amides is 1. The van der Waals surface area contributed by atoms with Crippen LogP contribution in [0, 0.1) is 0 Å². The van der Waals surface area contributed by atoms with E-state index < -0.39 is 0 Å². The lowest BCUT2D eigenvalue weighted by atomic mass is 10.2. The molecule has 1 fully saturated rings. The predicted molar refractivity (Wildman–Crippen MR) is 43.1 cm³/mol. The largest absolute Gasteiger partial charge is 0.351 e. The number of carbonyl (C=O) groups excluding carboxylic acids is 1. The van der Waals surface area contributed by atoms with Crippen molar-refractivity contribution in [2.45, 2.75) is 12.5 Å². The quantitative estimate of drug-likeness (QED) is 0.527. The third-order valence-electron chi connectivity index (χ3n) is 1.94. The second-order valence-electron chi connectivity index (χ2n) is 3.02. The first-order valence-electron chi connectivity index (χ1n) is 3.90. The van der Waals surface area contributed by atoms with Crippen molar-refractivity contribution in [2.24, 2.45) is 5.73 Å². The Hall–Kier alpha value is -0.610. The molecule has 4 nitrogen and oxygen atoms in total. The number of nitrogens with two attached hydrogens (primary N) is 1. The number of rotatable bonds is 2. The van der Waals surface area contributed by atoms with E-state index in [0.717, 1.165) is 19.5 Å². The van der Waals surface area contributed by atoms with Crippen LogP contribution in [-0.4, -0.2) is 43.5 Å². The van der Waals surface area contributed by atoms with Gasteiger partial charge in [0, 0.05) is 12.6 Å². The molecule has 1 amide bonds. The Morgan fingerprint density at radius 2 is 2.55 bits per heavy atom. The fourth-order valence-corrected chi connectivity index (χ4v) is 1.34. The minimum atomic E-state index is -0.0506. The Kier molecular flexibility index (Phi) is 2.84. The Bertz CT molecular complexity index is 149. The molecule has 4 heteroatoms. The summed E-state index contributed by atoms with van der Waals surface area (Å²) < 4.78 is 0. The molecular formula is C7H15N3O. The molecule has 0 radical (unpaired) electrons. The second kappa shape index (κ2) is 3.69. The molecule has 1 atom stereocenters. The Morgan fingerprint density at radius 1 is 1.82 bits per heavy atom. The average Bonchev–Trinajstić information content (AvgIpc) is 2.35. The molecule has 11 heavy (non-hydrogen) atoms. The highest BCUT2D eigenvalue weighted by Gasteiger charge is 2.19. The van der Waals surface area contributed by atoms with Crippen molar-refractivity contribution in [1.82, 2.24) is 10.2 Å². The summed E-state index contributed by atoms with van der Waals surface area (Å²) in [6.07, 6.45) is 1.04. The first-order chi connectivity index (χ1) is 5.22. The number of nitrogens with one attached hydrogen (secondary N) is 1. The fourth-order valence-electron chi connectivity index (χ4n) is 1.34. The van der Waals surface area contributed by atoms with Gasteiger partial charge in [-0.05, 0) is 20.0 Å². The third-order valence-corrected chi connectivity index (χ3v) is 1.94. The van der Waals surface area contributed by atoms with Gasteiger partial charge in [-0.1, -0.05) is 0 Å². The zero-order valence-corrected chi connectivity index (χ0v) is 6.84. The number of hydrogen-bond acceptors (Lipinski definition) is 3. The van der Waals surface area contributed by atoms with Gasteiger partial charge in [-0.3, -0.25) is 4.79 Å². The van der Waals surface area contributed by atoms with Crippen molar-refractivity contribution >= 4 is 5.91 Å². The molecule has 0 aromatic heterocycles. The number of likely N-dealkylation sites (tertiary alicyclic amines) is 1. The predicted octanol–water partition coefficient (Wildman–Crippen LogP) is -1.23. The van der Waals surface area contributed by atoms with Crippen LogP contribution in [0.4, 0.5) is 0 Å². The van der Waals surface area contributed by atoms with Gasteiger partial charge in [-0.25, -0.2) is 0 Å². The summed E-state index contributed by atoms with van der Waals surface area (Å²) in [6.45, 7) is 2.11. The van der Waals surface area contributed by atoms with E-state index in [2.05, 4.69) is 17.3 Å². The molecule has 1 aliphatic rings. The molecular weight excluding hydrogens is 142 g/mol. The van der Waals surface area contributed by atoms with E-state index in [-0.39, 0.29) is 12.5 Å². The Labute approximate surface area is 66.7 Å². The summed E-state index contributed by atoms with van der Waals surface area (Å²) in [4.78, 5) is 13.0. The third kappa shape index (κ3) is 2.48. The van der Waals surface area contributed by atoms with Crippen LogP contribution in [0.2, 0.25) is 0 Å². The zero-order chi connectivity index (χ0) is 8.27. The summed E-state index contributed by atoms with van der Waals surface area (Å²) in [5, 5.41) is 2.85. The minimum Gasteiger partial charge on any atom is -0.351 e. The summed E-state index contributed by atoms with van der Waals surface area (Å²) in [5.41, 5.74) is 5.16. The molecule has 0 saturated carbocycles. The molecule has 0 aromatic rings. The second-order valence-corrected chi connectivity index (χ2v) is 3.02. The maximum Gasteiger partial charge on any atom is 0.233 e. The fraction of sp³-hybridized carbons (Fsp3) is 0.857. The van der Waals surface area contributed by atoms with Crippen LogP contribution < -0.4 is 11.1 Å². The molecule has 1 unspecified atom stereocenters. The van der Waals surface area contributed by atoms with Crippen LogP contribution >= 0.6 is 0 Å². The van der Waals surface area contributed by atoms with E-state index in [1.54, 1.807) is 0 Å². The van der Waals surface area contributed by atoms with Gasteiger partial charge in [-0.15, -0.1) is 0 Å². The molecule has 1 aliphatic heterocycles. The minimum absolute atomic E-state index is 0.0506. The number of carbonyl (C=O) groups is 1. The van der Waals surface area contributed by atoms with Crippen molar-refractivity contribution in [3.63, 3.8) is 0 Å². The van der Waals surface area contributed by atoms with Crippen molar-refractivity contribution < 1.29 is 4.79 Å². The molecule has 1 heterocycles. The lowest BCUT2D eigenvalue weighted by Crippen LogP contribution is -2.39. The van der Waals surface area contributed by atoms with Crippen molar-refractivity contribution in [3.05, 3.63) is 0 Å². The first-order valence-corrected chi connectivity index (χ1v) is 3.90. The molecule has 0 aliphatic carbocycles. The number of nitrogens with zero attached hydrogens (tertiary/aromatic N) is 1. The van der Waals surface area contributed by atoms with Crippen LogP contribution in [0.25, 0.3) is 0 Å². The molecule has 64 valence electrons. The maximum atomic E-state index is 10.8. The summed E-state index contributed by atoms with van der Waals surface area (Å²) in [6, 6.07) is 0.316. The lowest BCUT2D eigenvalue weighted by Gasteiger charge is -2.11. The SMILES string of the molecule is CN1CCC(NC(=O)CN)C1. The summed E-state index contributed by atoms with van der Waals surface area (Å²) >= 11 is 0. The van der Waals surface area contributed by atoms with Gasteiger partial charge in [-0.2, -0.15) is 0 Å². The van der Waals surface area contributed by atoms with E-state index in [1.807, 2.05) is 0 Å². The smallest absolute Gasteiger partial charge is 0.233 e. The zero-order valence-electron chi connectivity index (χ0n) is 6.84. The van der Waals surface area contributed by atoms with Crippen molar-refractivity contribution in [2.75, 3.05) is 26.7 Å². The van der Waals surface area contributed by atoms with Gasteiger partial charge < -0.3 is 16.0 Å². The van der Waals surface area contributed by atoms with Gasteiger partial charge >= 0.3 is 0 Å². The molecule has 0 aromatic carbocycles. The van der Waals surface area contributed by atoms with Crippen molar-refractivity contribution in [1.29, 1.82) is 0 Å². The monoisotopic (exact) mass is 157 g/mol. The standard InChI is InChI=1S/C7H15N3O/c1-10-3-2-6(5-10)9-7(11)4-8/h6H,2-5,8H2,1H3,(H,9,11). The first kappa shape index (κ1) is 8.49. The molecule has 1 saturated heterocycles. The molecule has 0 spiro atoms. The summed E-state index contributed by atoms with van der Waals surface area (Å²) in [5.74, 6) is -0.0506. The van der Waals surface area contributed by atoms with E-state index in [4.69, 9.17) is 5.73 Å². The maximum absolute atomic E-state index is 10.8. The molecule has 0 bridgehead atoms. The van der Waals surface area contributed by atoms with Gasteiger partial charge in [0.05, 0.1) is 6.54 Å². The Morgan fingerprint density at radius 3 is 3.00 bits per heavy atom. The topological polar surface area (TPSA) is 58.4 Å². The van der Waals surface area contributed by atoms with Crippen LogP contribution in [0.5, 0.6) is 0 Å². The van der Waals surface area contributed by atoms with Gasteiger partial charge in [0.1, 0.15) is 0 Å². The molecule has 1 rings (SSSR count). The Balaban J connectivity index is 2.23. The highest BCUT2D eigenvalue weighted by atomic mass is 16.1. The van der Waals surface area contributed by atoms with E-state index in [0.29, 0.717) is 6.04 Å². The van der Waals surface area contributed by atoms with Crippen LogP contribution in [0.1, 0.15) is 6.42 Å². The van der Waals surface area contributed by atoms with Crippen LogP contribution in [0.3, 0.4) is 0 Å². The molecule has 3 N–H and O–H groups in total. The number of likely N-dealkylation sites (N-methyl/N-ethyl adjacent to an activating group) is 1. The van der Waals surface area contributed by atoms with E-state index >= 15 is 0 Å². The normalized spacial score (nSPS) is 25.5. The van der Waals surface area contributed by atoms with Gasteiger partial charge in [0.2, 0.25) is 5.91 Å². The van der Waals surface area contributed by atoms with Crippen LogP contribution in [0.15, 0.2) is 0 Å².